The topological polar surface area (TPSA) is 105 Å². The fourth-order valence-corrected chi connectivity index (χ4v) is 1.57. The summed E-state index contributed by atoms with van der Waals surface area (Å²) in [5, 5.41) is 22.4. The summed E-state index contributed by atoms with van der Waals surface area (Å²) in [6.45, 7) is 1.59. The quantitative estimate of drug-likeness (QED) is 0.604. The fourth-order valence-electron chi connectivity index (χ4n) is 1.57. The number of aromatic nitrogens is 1. The van der Waals surface area contributed by atoms with E-state index in [1.54, 1.807) is 6.92 Å². The number of carboxylic acid groups (broad SMARTS) is 1. The largest absolute Gasteiger partial charge is 0.480 e. The van der Waals surface area contributed by atoms with Crippen molar-refractivity contribution in [2.24, 2.45) is 0 Å². The Labute approximate surface area is 96.6 Å². The van der Waals surface area contributed by atoms with Gasteiger partial charge < -0.3 is 10.4 Å². The SMILES string of the molecule is Cc1cc(NC2(C(=O)O)CC2)ncc1[N+](=O)[O-]. The van der Waals surface area contributed by atoms with Crippen LogP contribution in [0.2, 0.25) is 0 Å². The number of carbonyl (C=O) groups is 1. The first kappa shape index (κ1) is 11.3. The van der Waals surface area contributed by atoms with E-state index in [2.05, 4.69) is 10.3 Å². The van der Waals surface area contributed by atoms with Gasteiger partial charge >= 0.3 is 5.97 Å². The van der Waals surface area contributed by atoms with Crippen molar-refractivity contribution in [1.29, 1.82) is 0 Å². The van der Waals surface area contributed by atoms with Gasteiger partial charge in [-0.25, -0.2) is 9.78 Å². The first-order valence-electron chi connectivity index (χ1n) is 5.07. The van der Waals surface area contributed by atoms with E-state index < -0.39 is 16.4 Å². The summed E-state index contributed by atoms with van der Waals surface area (Å²) in [6, 6.07) is 1.49. The molecule has 0 aromatic carbocycles. The van der Waals surface area contributed by atoms with Gasteiger partial charge in [0.25, 0.3) is 5.69 Å². The van der Waals surface area contributed by atoms with Gasteiger partial charge in [0, 0.05) is 5.56 Å². The molecule has 0 saturated heterocycles. The number of carboxylic acids is 1. The Morgan fingerprint density at radius 2 is 2.29 bits per heavy atom. The lowest BCUT2D eigenvalue weighted by Gasteiger charge is -2.13. The maximum absolute atomic E-state index is 10.9. The smallest absolute Gasteiger partial charge is 0.329 e. The van der Waals surface area contributed by atoms with Gasteiger partial charge in [0.2, 0.25) is 0 Å². The number of nitrogens with zero attached hydrogens (tertiary/aromatic N) is 2. The highest BCUT2D eigenvalue weighted by molar-refractivity contribution is 5.86. The zero-order valence-electron chi connectivity index (χ0n) is 9.14. The minimum absolute atomic E-state index is 0.0734. The molecule has 1 heterocycles. The van der Waals surface area contributed by atoms with E-state index in [-0.39, 0.29) is 5.69 Å². The molecule has 2 N–H and O–H groups in total. The first-order chi connectivity index (χ1) is 7.94. The maximum Gasteiger partial charge on any atom is 0.329 e. The van der Waals surface area contributed by atoms with Crippen molar-refractivity contribution in [3.8, 4) is 0 Å². The molecule has 1 aliphatic carbocycles. The zero-order chi connectivity index (χ0) is 12.6. The second-order valence-corrected chi connectivity index (χ2v) is 4.13. The van der Waals surface area contributed by atoms with E-state index in [0.717, 1.165) is 6.20 Å². The van der Waals surface area contributed by atoms with E-state index in [9.17, 15) is 14.9 Å². The van der Waals surface area contributed by atoms with Crippen LogP contribution >= 0.6 is 0 Å². The molecule has 1 aromatic heterocycles. The van der Waals surface area contributed by atoms with Crippen LogP contribution in [0, 0.1) is 17.0 Å². The van der Waals surface area contributed by atoms with Gasteiger partial charge in [-0.3, -0.25) is 10.1 Å². The molecule has 7 heteroatoms. The average Bonchev–Trinajstić information content (AvgIpc) is 2.98. The Morgan fingerprint density at radius 1 is 1.65 bits per heavy atom. The van der Waals surface area contributed by atoms with Crippen LogP contribution in [0.4, 0.5) is 11.5 Å². The van der Waals surface area contributed by atoms with Crippen LogP contribution in [0.15, 0.2) is 12.3 Å². The number of aliphatic carboxylic acids is 1. The Morgan fingerprint density at radius 3 is 2.71 bits per heavy atom. The molecule has 90 valence electrons. The average molecular weight is 237 g/mol. The number of hydrogen-bond donors (Lipinski definition) is 2. The van der Waals surface area contributed by atoms with Gasteiger partial charge in [-0.2, -0.15) is 0 Å². The molecule has 0 spiro atoms. The molecule has 1 fully saturated rings. The van der Waals surface area contributed by atoms with Crippen LogP contribution < -0.4 is 5.32 Å². The van der Waals surface area contributed by atoms with Gasteiger partial charge in [0.1, 0.15) is 17.6 Å². The van der Waals surface area contributed by atoms with Crippen LogP contribution in [0.5, 0.6) is 0 Å². The third-order valence-corrected chi connectivity index (χ3v) is 2.81. The van der Waals surface area contributed by atoms with Crippen molar-refractivity contribution in [3.63, 3.8) is 0 Å². The number of nitrogens with one attached hydrogen (secondary N) is 1. The summed E-state index contributed by atoms with van der Waals surface area (Å²) in [4.78, 5) is 24.9. The summed E-state index contributed by atoms with van der Waals surface area (Å²) in [5.41, 5.74) is -0.556. The molecule has 0 aliphatic heterocycles. The predicted molar refractivity (Wildman–Crippen MR) is 58.9 cm³/mol. The van der Waals surface area contributed by atoms with Crippen molar-refractivity contribution < 1.29 is 14.8 Å². The summed E-state index contributed by atoms with van der Waals surface area (Å²) < 4.78 is 0. The van der Waals surface area contributed by atoms with E-state index in [1.807, 2.05) is 0 Å². The van der Waals surface area contributed by atoms with Crippen LogP contribution in [-0.4, -0.2) is 26.5 Å². The number of hydrogen-bond acceptors (Lipinski definition) is 5. The molecule has 1 aromatic rings. The Balaban J connectivity index is 2.22. The summed E-state index contributed by atoms with van der Waals surface area (Å²) in [5.74, 6) is -0.566. The second kappa shape index (κ2) is 3.69. The van der Waals surface area contributed by atoms with Crippen LogP contribution in [-0.2, 0) is 4.79 Å². The van der Waals surface area contributed by atoms with Gasteiger partial charge in [0.05, 0.1) is 4.92 Å². The third kappa shape index (κ3) is 2.03. The Bertz CT molecular complexity index is 496. The molecular weight excluding hydrogens is 226 g/mol. The number of pyridine rings is 1. The molecular formula is C10H11N3O4. The highest BCUT2D eigenvalue weighted by Crippen LogP contribution is 2.39. The van der Waals surface area contributed by atoms with Crippen molar-refractivity contribution in [1.82, 2.24) is 4.98 Å². The van der Waals surface area contributed by atoms with Crippen molar-refractivity contribution in [3.05, 3.63) is 27.9 Å². The van der Waals surface area contributed by atoms with E-state index in [1.165, 1.54) is 6.07 Å². The normalized spacial score (nSPS) is 16.3. The van der Waals surface area contributed by atoms with E-state index in [0.29, 0.717) is 24.2 Å². The molecule has 0 bridgehead atoms. The third-order valence-electron chi connectivity index (χ3n) is 2.81. The summed E-state index contributed by atoms with van der Waals surface area (Å²) in [6.07, 6.45) is 2.22. The molecule has 0 amide bonds. The second-order valence-electron chi connectivity index (χ2n) is 4.13. The number of anilines is 1. The number of nitro groups is 1. The van der Waals surface area contributed by atoms with Crippen LogP contribution in [0.3, 0.4) is 0 Å². The number of rotatable bonds is 4. The van der Waals surface area contributed by atoms with E-state index >= 15 is 0 Å². The van der Waals surface area contributed by atoms with Gasteiger partial charge in [-0.15, -0.1) is 0 Å². The molecule has 2 rings (SSSR count). The molecule has 0 atom stereocenters. The van der Waals surface area contributed by atoms with Gasteiger partial charge in [-0.05, 0) is 25.8 Å². The zero-order valence-corrected chi connectivity index (χ0v) is 9.14. The van der Waals surface area contributed by atoms with Crippen molar-refractivity contribution >= 4 is 17.5 Å². The predicted octanol–water partition coefficient (Wildman–Crippen LogP) is 1.33. The lowest BCUT2D eigenvalue weighted by atomic mass is 10.2. The van der Waals surface area contributed by atoms with Gasteiger partial charge in [0.15, 0.2) is 0 Å². The Kier molecular flexibility index (Phi) is 2.45. The maximum atomic E-state index is 10.9. The fraction of sp³-hybridized carbons (Fsp3) is 0.400. The summed E-state index contributed by atoms with van der Waals surface area (Å²) >= 11 is 0. The minimum atomic E-state index is -0.935. The molecule has 7 nitrogen and oxygen atoms in total. The first-order valence-corrected chi connectivity index (χ1v) is 5.07. The summed E-state index contributed by atoms with van der Waals surface area (Å²) in [7, 11) is 0. The monoisotopic (exact) mass is 237 g/mol. The molecule has 1 aliphatic rings. The highest BCUT2D eigenvalue weighted by Gasteiger charge is 2.50. The molecule has 1 saturated carbocycles. The van der Waals surface area contributed by atoms with Crippen molar-refractivity contribution in [2.45, 2.75) is 25.3 Å². The highest BCUT2D eigenvalue weighted by atomic mass is 16.6. The molecule has 0 radical (unpaired) electrons. The van der Waals surface area contributed by atoms with E-state index in [4.69, 9.17) is 5.11 Å². The Hall–Kier alpha value is -2.18. The molecule has 17 heavy (non-hydrogen) atoms. The lowest BCUT2D eigenvalue weighted by Crippen LogP contribution is -2.31. The number of aryl methyl sites for hydroxylation is 1. The minimum Gasteiger partial charge on any atom is -0.480 e. The van der Waals surface area contributed by atoms with Gasteiger partial charge in [-0.1, -0.05) is 0 Å². The van der Waals surface area contributed by atoms with Crippen LogP contribution in [0.25, 0.3) is 0 Å². The standard InChI is InChI=1S/C10H11N3O4/c1-6-4-8(11-5-7(6)13(16)17)12-10(2-3-10)9(14)15/h4-5H,2-3H2,1H3,(H,11,12)(H,14,15). The lowest BCUT2D eigenvalue weighted by molar-refractivity contribution is -0.385. The van der Waals surface area contributed by atoms with Crippen LogP contribution in [0.1, 0.15) is 18.4 Å². The van der Waals surface area contributed by atoms with Crippen molar-refractivity contribution in [2.75, 3.05) is 5.32 Å². The molecule has 0 unspecified atom stereocenters.